The molecule has 1 aromatic rings. The van der Waals surface area contributed by atoms with Crippen molar-refractivity contribution in [3.63, 3.8) is 0 Å². The van der Waals surface area contributed by atoms with E-state index in [1.807, 2.05) is 19.9 Å². The molecule has 0 saturated heterocycles. The Hall–Kier alpha value is -1.48. The van der Waals surface area contributed by atoms with Crippen molar-refractivity contribution in [3.8, 4) is 11.8 Å². The minimum absolute atomic E-state index is 0.605. The van der Waals surface area contributed by atoms with E-state index < -0.39 is 0 Å². The van der Waals surface area contributed by atoms with E-state index in [4.69, 9.17) is 0 Å². The first-order valence-corrected chi connectivity index (χ1v) is 9.35. The molecule has 1 aromatic carbocycles. The zero-order valence-electron chi connectivity index (χ0n) is 16.4. The Morgan fingerprint density at radius 3 is 2.04 bits per heavy atom. The lowest BCUT2D eigenvalue weighted by Gasteiger charge is -2.03. The average Bonchev–Trinajstić information content (AvgIpc) is 2.59. The fraction of sp³-hybridized carbons (Fsp3) is 0.565. The molecule has 23 heavy (non-hydrogen) atoms. The van der Waals surface area contributed by atoms with E-state index in [0.29, 0.717) is 5.92 Å². The van der Waals surface area contributed by atoms with Crippen LogP contribution in [-0.2, 0) is 0 Å². The number of rotatable bonds is 6. The summed E-state index contributed by atoms with van der Waals surface area (Å²) in [5.74, 6) is 6.78. The molecule has 0 aromatic heterocycles. The summed E-state index contributed by atoms with van der Waals surface area (Å²) in [6.45, 7) is 16.4. The zero-order chi connectivity index (χ0) is 17.9. The maximum atomic E-state index is 3.66. The van der Waals surface area contributed by atoms with Crippen LogP contribution in [0.25, 0.3) is 0 Å². The molecule has 0 unspecified atom stereocenters. The molecule has 0 heteroatoms. The summed E-state index contributed by atoms with van der Waals surface area (Å²) >= 11 is 0. The van der Waals surface area contributed by atoms with Gasteiger partial charge in [0.25, 0.3) is 0 Å². The van der Waals surface area contributed by atoms with Crippen molar-refractivity contribution in [2.24, 2.45) is 0 Å². The van der Waals surface area contributed by atoms with Crippen molar-refractivity contribution >= 4 is 0 Å². The van der Waals surface area contributed by atoms with Gasteiger partial charge >= 0.3 is 0 Å². The molecular formula is C23H38. The van der Waals surface area contributed by atoms with E-state index in [1.165, 1.54) is 37.7 Å². The van der Waals surface area contributed by atoms with E-state index in [-0.39, 0.29) is 0 Å². The van der Waals surface area contributed by atoms with Gasteiger partial charge in [0.05, 0.1) is 0 Å². The van der Waals surface area contributed by atoms with Crippen LogP contribution in [0.3, 0.4) is 0 Å². The molecule has 0 saturated carbocycles. The van der Waals surface area contributed by atoms with Gasteiger partial charge in [0.2, 0.25) is 0 Å². The van der Waals surface area contributed by atoms with Crippen LogP contribution >= 0.6 is 0 Å². The van der Waals surface area contributed by atoms with Gasteiger partial charge in [-0.2, -0.15) is 0 Å². The van der Waals surface area contributed by atoms with Gasteiger partial charge < -0.3 is 0 Å². The third-order valence-corrected chi connectivity index (χ3v) is 3.25. The standard InChI is InChI=1S/C13H16.C8H16.C2H6/c1-4-5-6-12-7-9-13(10-8-12)11(2)3;1-3-5-7-8-6-4-2;1-2/h7-11H,4H2,1-3H3;3H,1,4-8H2,2H3;1-2H3. The smallest absolute Gasteiger partial charge is 0.0245 e. The molecule has 0 N–H and O–H groups in total. The molecule has 0 aliphatic heterocycles. The molecule has 0 bridgehead atoms. The third-order valence-electron chi connectivity index (χ3n) is 3.25. The molecule has 0 heterocycles. The molecule has 0 radical (unpaired) electrons. The Bertz CT molecular complexity index is 412. The van der Waals surface area contributed by atoms with Crippen LogP contribution in [0.15, 0.2) is 36.9 Å². The van der Waals surface area contributed by atoms with Gasteiger partial charge in [-0.1, -0.05) is 90.9 Å². The Labute approximate surface area is 146 Å². The molecule has 0 atom stereocenters. The molecule has 0 spiro atoms. The zero-order valence-corrected chi connectivity index (χ0v) is 16.4. The first-order chi connectivity index (χ1) is 11.2. The van der Waals surface area contributed by atoms with E-state index in [1.54, 1.807) is 0 Å². The van der Waals surface area contributed by atoms with Crippen LogP contribution in [0.5, 0.6) is 0 Å². The summed E-state index contributed by atoms with van der Waals surface area (Å²) in [5, 5.41) is 0. The lowest BCUT2D eigenvalue weighted by atomic mass is 10.0. The second-order valence-corrected chi connectivity index (χ2v) is 5.57. The maximum Gasteiger partial charge on any atom is 0.0245 e. The molecule has 0 aliphatic rings. The van der Waals surface area contributed by atoms with Crippen LogP contribution in [0.4, 0.5) is 0 Å². The fourth-order valence-corrected chi connectivity index (χ4v) is 1.86. The summed E-state index contributed by atoms with van der Waals surface area (Å²) in [7, 11) is 0. The molecule has 0 fully saturated rings. The lowest BCUT2D eigenvalue weighted by molar-refractivity contribution is 0.675. The fourth-order valence-electron chi connectivity index (χ4n) is 1.86. The van der Waals surface area contributed by atoms with Crippen molar-refractivity contribution in [2.45, 2.75) is 86.0 Å². The van der Waals surface area contributed by atoms with Gasteiger partial charge in [0.1, 0.15) is 0 Å². The Kier molecular flexibility index (Phi) is 19.2. The molecule has 0 aliphatic carbocycles. The second-order valence-electron chi connectivity index (χ2n) is 5.57. The van der Waals surface area contributed by atoms with E-state index in [0.717, 1.165) is 12.0 Å². The first kappa shape index (κ1) is 23.8. The van der Waals surface area contributed by atoms with Crippen LogP contribution in [-0.4, -0.2) is 0 Å². The number of allylic oxidation sites excluding steroid dienone is 1. The predicted octanol–water partition coefficient (Wildman–Crippen LogP) is 7.74. The molecular weight excluding hydrogens is 276 g/mol. The average molecular weight is 315 g/mol. The molecule has 130 valence electrons. The third kappa shape index (κ3) is 15.2. The van der Waals surface area contributed by atoms with Gasteiger partial charge in [-0.25, -0.2) is 0 Å². The summed E-state index contributed by atoms with van der Waals surface area (Å²) in [5.41, 5.74) is 2.49. The largest absolute Gasteiger partial charge is 0.103 e. The van der Waals surface area contributed by atoms with Gasteiger partial charge in [0.15, 0.2) is 0 Å². The number of benzene rings is 1. The normalized spacial score (nSPS) is 8.83. The maximum absolute atomic E-state index is 3.66. The van der Waals surface area contributed by atoms with Crippen molar-refractivity contribution in [3.05, 3.63) is 48.0 Å². The lowest BCUT2D eigenvalue weighted by Crippen LogP contribution is -1.86. The van der Waals surface area contributed by atoms with E-state index >= 15 is 0 Å². The first-order valence-electron chi connectivity index (χ1n) is 9.35. The number of hydrogen-bond acceptors (Lipinski definition) is 0. The van der Waals surface area contributed by atoms with Crippen LogP contribution in [0.2, 0.25) is 0 Å². The Balaban J connectivity index is 0. The van der Waals surface area contributed by atoms with Crippen LogP contribution in [0, 0.1) is 11.8 Å². The molecule has 0 amide bonds. The van der Waals surface area contributed by atoms with Crippen molar-refractivity contribution in [2.75, 3.05) is 0 Å². The number of hydrogen-bond donors (Lipinski definition) is 0. The topological polar surface area (TPSA) is 0 Å². The predicted molar refractivity (Wildman–Crippen MR) is 108 cm³/mol. The van der Waals surface area contributed by atoms with E-state index in [2.05, 4.69) is 70.4 Å². The molecule has 1 rings (SSSR count). The summed E-state index contributed by atoms with van der Waals surface area (Å²) < 4.78 is 0. The van der Waals surface area contributed by atoms with Crippen molar-refractivity contribution in [1.82, 2.24) is 0 Å². The Morgan fingerprint density at radius 2 is 1.61 bits per heavy atom. The summed E-state index contributed by atoms with van der Waals surface area (Å²) in [6.07, 6.45) is 9.53. The summed E-state index contributed by atoms with van der Waals surface area (Å²) in [4.78, 5) is 0. The quantitative estimate of drug-likeness (QED) is 0.286. The van der Waals surface area contributed by atoms with Gasteiger partial charge in [-0.15, -0.1) is 6.58 Å². The minimum atomic E-state index is 0.605. The van der Waals surface area contributed by atoms with Gasteiger partial charge in [-0.05, 0) is 36.5 Å². The van der Waals surface area contributed by atoms with Gasteiger partial charge in [-0.3, -0.25) is 0 Å². The highest BCUT2D eigenvalue weighted by molar-refractivity contribution is 5.36. The summed E-state index contributed by atoms with van der Waals surface area (Å²) in [6, 6.07) is 8.50. The van der Waals surface area contributed by atoms with Crippen LogP contribution in [0.1, 0.15) is 97.1 Å². The van der Waals surface area contributed by atoms with Crippen molar-refractivity contribution in [1.29, 1.82) is 0 Å². The monoisotopic (exact) mass is 314 g/mol. The highest BCUT2D eigenvalue weighted by Gasteiger charge is 1.96. The van der Waals surface area contributed by atoms with Gasteiger partial charge in [0, 0.05) is 12.0 Å². The van der Waals surface area contributed by atoms with E-state index in [9.17, 15) is 0 Å². The Morgan fingerprint density at radius 1 is 1.00 bits per heavy atom. The SMILES string of the molecule is C=CCCCCCC.CC.CCC#Cc1ccc(C(C)C)cc1. The molecule has 0 nitrogen and oxygen atoms in total. The minimum Gasteiger partial charge on any atom is -0.103 e. The number of unbranched alkanes of at least 4 members (excludes halogenated alkanes) is 4. The highest BCUT2D eigenvalue weighted by atomic mass is 14.0. The second kappa shape index (κ2) is 18.6. The highest BCUT2D eigenvalue weighted by Crippen LogP contribution is 2.14. The van der Waals surface area contributed by atoms with Crippen LogP contribution < -0.4 is 0 Å². The van der Waals surface area contributed by atoms with Crippen molar-refractivity contribution < 1.29 is 0 Å².